The van der Waals surface area contributed by atoms with Crippen molar-refractivity contribution in [2.45, 2.75) is 37.8 Å². The largest absolute Gasteiger partial charge is 0.492 e. The van der Waals surface area contributed by atoms with Crippen molar-refractivity contribution in [3.8, 4) is 5.75 Å². The Kier molecular flexibility index (Phi) is 4.41. The minimum Gasteiger partial charge on any atom is -0.492 e. The Bertz CT molecular complexity index is 446. The molecule has 3 nitrogen and oxygen atoms in total. The number of hydrogen-bond acceptors (Lipinski definition) is 4. The zero-order chi connectivity index (χ0) is 13.8. The van der Waals surface area contributed by atoms with E-state index in [-0.39, 0.29) is 5.60 Å². The van der Waals surface area contributed by atoms with E-state index >= 15 is 0 Å². The number of benzene rings is 1. The summed E-state index contributed by atoms with van der Waals surface area (Å²) in [7, 11) is 0. The second-order valence-electron chi connectivity index (χ2n) is 5.60. The summed E-state index contributed by atoms with van der Waals surface area (Å²) in [5.74, 6) is 3.34. The summed E-state index contributed by atoms with van der Waals surface area (Å²) in [6, 6.07) is 8.72. The van der Waals surface area contributed by atoms with Gasteiger partial charge in [0.15, 0.2) is 0 Å². The average molecular weight is 293 g/mol. The molecule has 2 fully saturated rings. The second kappa shape index (κ2) is 6.27. The van der Waals surface area contributed by atoms with E-state index in [1.807, 2.05) is 30.8 Å². The van der Waals surface area contributed by atoms with Crippen LogP contribution in [0.25, 0.3) is 0 Å². The fraction of sp³-hybridized carbons (Fsp3) is 0.625. The molecular formula is C16H23NO2S. The first-order valence-corrected chi connectivity index (χ1v) is 8.67. The number of ether oxygens (including phenoxy) is 2. The highest BCUT2D eigenvalue weighted by molar-refractivity contribution is 7.99. The van der Waals surface area contributed by atoms with Gasteiger partial charge in [-0.25, -0.2) is 0 Å². The van der Waals surface area contributed by atoms with Gasteiger partial charge in [0.2, 0.25) is 0 Å². The van der Waals surface area contributed by atoms with Crippen LogP contribution in [0.15, 0.2) is 24.3 Å². The molecule has 2 heterocycles. The van der Waals surface area contributed by atoms with E-state index in [2.05, 4.69) is 17.4 Å². The van der Waals surface area contributed by atoms with Gasteiger partial charge in [0.05, 0.1) is 17.9 Å². The highest BCUT2D eigenvalue weighted by atomic mass is 32.2. The predicted molar refractivity (Wildman–Crippen MR) is 84.9 cm³/mol. The van der Waals surface area contributed by atoms with Crippen LogP contribution in [0.5, 0.6) is 5.75 Å². The van der Waals surface area contributed by atoms with E-state index < -0.39 is 0 Å². The normalized spacial score (nSPS) is 29.6. The first-order valence-electron chi connectivity index (χ1n) is 7.51. The van der Waals surface area contributed by atoms with Crippen LogP contribution in [-0.2, 0) is 4.74 Å². The topological polar surface area (TPSA) is 30.5 Å². The third kappa shape index (κ3) is 3.07. The molecule has 1 spiro atoms. The third-order valence-electron chi connectivity index (χ3n) is 4.11. The van der Waals surface area contributed by atoms with Gasteiger partial charge in [-0.15, -0.1) is 0 Å². The average Bonchev–Trinajstić information content (AvgIpc) is 2.89. The Morgan fingerprint density at radius 2 is 2.35 bits per heavy atom. The number of nitrogens with one attached hydrogen (secondary N) is 1. The van der Waals surface area contributed by atoms with Crippen molar-refractivity contribution in [2.75, 3.05) is 30.0 Å². The summed E-state index contributed by atoms with van der Waals surface area (Å²) in [6.07, 6.45) is 3.39. The lowest BCUT2D eigenvalue weighted by Gasteiger charge is -2.38. The minimum atomic E-state index is 0.126. The number of para-hydroxylation sites is 2. The second-order valence-corrected chi connectivity index (χ2v) is 6.70. The van der Waals surface area contributed by atoms with Crippen molar-refractivity contribution < 1.29 is 9.47 Å². The molecule has 0 aliphatic carbocycles. The molecule has 2 saturated heterocycles. The highest BCUT2D eigenvalue weighted by Gasteiger charge is 2.40. The maximum atomic E-state index is 6.08. The Hall–Kier alpha value is -0.870. The van der Waals surface area contributed by atoms with Crippen molar-refractivity contribution in [3.05, 3.63) is 24.3 Å². The van der Waals surface area contributed by atoms with Crippen LogP contribution in [0.2, 0.25) is 0 Å². The van der Waals surface area contributed by atoms with E-state index in [1.165, 1.54) is 12.2 Å². The fourth-order valence-corrected chi connectivity index (χ4v) is 4.48. The SMILES string of the molecule is CCOc1ccccc1NC1CCOC2(CCSC2)C1. The molecule has 2 aliphatic heterocycles. The molecule has 1 aromatic rings. The Labute approximate surface area is 125 Å². The summed E-state index contributed by atoms with van der Waals surface area (Å²) in [6.45, 7) is 3.60. The summed E-state index contributed by atoms with van der Waals surface area (Å²) in [5, 5.41) is 3.67. The van der Waals surface area contributed by atoms with Crippen LogP contribution >= 0.6 is 11.8 Å². The molecule has 3 rings (SSSR count). The van der Waals surface area contributed by atoms with E-state index in [0.29, 0.717) is 12.6 Å². The lowest BCUT2D eigenvalue weighted by molar-refractivity contribution is -0.0628. The van der Waals surface area contributed by atoms with E-state index in [9.17, 15) is 0 Å². The first-order chi connectivity index (χ1) is 9.81. The third-order valence-corrected chi connectivity index (χ3v) is 5.33. The molecular weight excluding hydrogens is 270 g/mol. The van der Waals surface area contributed by atoms with E-state index in [1.54, 1.807) is 0 Å². The lowest BCUT2D eigenvalue weighted by atomic mass is 9.89. The van der Waals surface area contributed by atoms with Crippen LogP contribution in [-0.4, -0.2) is 36.4 Å². The Morgan fingerprint density at radius 3 is 3.15 bits per heavy atom. The number of thioether (sulfide) groups is 1. The molecule has 0 amide bonds. The smallest absolute Gasteiger partial charge is 0.142 e. The van der Waals surface area contributed by atoms with Crippen LogP contribution < -0.4 is 10.1 Å². The molecule has 20 heavy (non-hydrogen) atoms. The molecule has 0 aromatic heterocycles. The summed E-state index contributed by atoms with van der Waals surface area (Å²) < 4.78 is 11.8. The molecule has 110 valence electrons. The van der Waals surface area contributed by atoms with Crippen LogP contribution in [0.4, 0.5) is 5.69 Å². The van der Waals surface area contributed by atoms with Crippen LogP contribution in [0, 0.1) is 0 Å². The predicted octanol–water partition coefficient (Wildman–Crippen LogP) is 3.55. The van der Waals surface area contributed by atoms with Gasteiger partial charge < -0.3 is 14.8 Å². The van der Waals surface area contributed by atoms with Crippen molar-refractivity contribution in [1.82, 2.24) is 0 Å². The monoisotopic (exact) mass is 293 g/mol. The van der Waals surface area contributed by atoms with Gasteiger partial charge in [-0.3, -0.25) is 0 Å². The van der Waals surface area contributed by atoms with Gasteiger partial charge in [0.1, 0.15) is 5.75 Å². The number of hydrogen-bond donors (Lipinski definition) is 1. The van der Waals surface area contributed by atoms with E-state index in [4.69, 9.17) is 9.47 Å². The molecule has 2 unspecified atom stereocenters. The van der Waals surface area contributed by atoms with Gasteiger partial charge in [-0.05, 0) is 44.1 Å². The van der Waals surface area contributed by atoms with Gasteiger partial charge >= 0.3 is 0 Å². The van der Waals surface area contributed by atoms with Crippen LogP contribution in [0.1, 0.15) is 26.2 Å². The van der Waals surface area contributed by atoms with Gasteiger partial charge in [-0.1, -0.05) is 12.1 Å². The summed E-state index contributed by atoms with van der Waals surface area (Å²) in [4.78, 5) is 0. The zero-order valence-electron chi connectivity index (χ0n) is 12.1. The summed E-state index contributed by atoms with van der Waals surface area (Å²) >= 11 is 2.02. The maximum absolute atomic E-state index is 6.08. The molecule has 0 bridgehead atoms. The Morgan fingerprint density at radius 1 is 1.45 bits per heavy atom. The van der Waals surface area contributed by atoms with Gasteiger partial charge in [0.25, 0.3) is 0 Å². The molecule has 4 heteroatoms. The number of anilines is 1. The molecule has 2 atom stereocenters. The molecule has 1 N–H and O–H groups in total. The van der Waals surface area contributed by atoms with Crippen molar-refractivity contribution >= 4 is 17.4 Å². The lowest BCUT2D eigenvalue weighted by Crippen LogP contribution is -2.44. The van der Waals surface area contributed by atoms with Gasteiger partial charge in [0, 0.05) is 18.4 Å². The van der Waals surface area contributed by atoms with Crippen molar-refractivity contribution in [3.63, 3.8) is 0 Å². The quantitative estimate of drug-likeness (QED) is 0.919. The fourth-order valence-electron chi connectivity index (χ4n) is 3.10. The van der Waals surface area contributed by atoms with Crippen LogP contribution in [0.3, 0.4) is 0 Å². The molecule has 1 aromatic carbocycles. The minimum absolute atomic E-state index is 0.126. The summed E-state index contributed by atoms with van der Waals surface area (Å²) in [5.41, 5.74) is 1.24. The Balaban J connectivity index is 1.68. The first kappa shape index (κ1) is 14.1. The molecule has 0 saturated carbocycles. The molecule has 0 radical (unpaired) electrons. The number of rotatable bonds is 4. The van der Waals surface area contributed by atoms with Crippen molar-refractivity contribution in [2.24, 2.45) is 0 Å². The standard InChI is InChI=1S/C16H23NO2S/c1-2-18-15-6-4-3-5-14(15)17-13-7-9-19-16(11-13)8-10-20-12-16/h3-6,13,17H,2,7-12H2,1H3. The highest BCUT2D eigenvalue weighted by Crippen LogP contribution is 2.39. The molecule has 2 aliphatic rings. The van der Waals surface area contributed by atoms with E-state index in [0.717, 1.165) is 36.6 Å². The maximum Gasteiger partial charge on any atom is 0.142 e. The van der Waals surface area contributed by atoms with Crippen molar-refractivity contribution in [1.29, 1.82) is 0 Å². The van der Waals surface area contributed by atoms with Gasteiger partial charge in [-0.2, -0.15) is 11.8 Å². The zero-order valence-corrected chi connectivity index (χ0v) is 12.9.